The van der Waals surface area contributed by atoms with Gasteiger partial charge in [0.2, 0.25) is 11.8 Å². The smallest absolute Gasteiger partial charge is 0.407 e. The van der Waals surface area contributed by atoms with Crippen LogP contribution < -0.4 is 10.6 Å². The van der Waals surface area contributed by atoms with Gasteiger partial charge in [0.15, 0.2) is 0 Å². The van der Waals surface area contributed by atoms with E-state index in [2.05, 4.69) is 15.0 Å². The maximum absolute atomic E-state index is 14.5. The number of alkyl carbamates (subject to hydrolysis) is 2. The first kappa shape index (κ1) is 34.3. The molecule has 3 aliphatic heterocycles. The van der Waals surface area contributed by atoms with Crippen LogP contribution in [-0.4, -0.2) is 105 Å². The summed E-state index contributed by atoms with van der Waals surface area (Å²) in [4.78, 5) is 69.1. The topological polar surface area (TPSA) is 184 Å². The molecule has 0 radical (unpaired) electrons. The fourth-order valence-corrected chi connectivity index (χ4v) is 10.4. The van der Waals surface area contributed by atoms with Crippen molar-refractivity contribution in [1.29, 1.82) is 0 Å². The summed E-state index contributed by atoms with van der Waals surface area (Å²) in [5.74, 6) is -2.67. The molecule has 65 heavy (non-hydrogen) atoms. The number of imidazole rings is 1. The highest BCUT2D eigenvalue weighted by atomic mass is 16.5. The lowest BCUT2D eigenvalue weighted by Gasteiger charge is -2.40. The Hall–Kier alpha value is -6.12. The lowest BCUT2D eigenvalue weighted by Crippen LogP contribution is -2.54. The molecule has 3 fully saturated rings. The summed E-state index contributed by atoms with van der Waals surface area (Å²) in [6, 6.07) is 7.21. The number of ether oxygens (including phenoxy) is 2. The number of amides is 4. The number of rotatable bonds is 10. The fourth-order valence-electron chi connectivity index (χ4n) is 10.4. The van der Waals surface area contributed by atoms with E-state index in [1.54, 1.807) is 4.90 Å². The van der Waals surface area contributed by atoms with Crippen LogP contribution in [0.3, 0.4) is 0 Å². The van der Waals surface area contributed by atoms with Crippen molar-refractivity contribution in [2.24, 2.45) is 16.3 Å². The number of carbonyl (C=O) groups excluding carboxylic acids is 4. The highest BCUT2D eigenvalue weighted by Gasteiger charge is 2.43. The van der Waals surface area contributed by atoms with Crippen molar-refractivity contribution in [3.05, 3.63) is 71.2 Å². The molecule has 3 aliphatic carbocycles. The van der Waals surface area contributed by atoms with Gasteiger partial charge in [0.25, 0.3) is 0 Å². The van der Waals surface area contributed by atoms with Crippen LogP contribution in [0.5, 0.6) is 0 Å². The molecule has 10 rings (SSSR count). The summed E-state index contributed by atoms with van der Waals surface area (Å²) in [7, 11) is 2.11. The molecule has 4 aromatic rings. The van der Waals surface area contributed by atoms with Gasteiger partial charge in [-0.3, -0.25) is 14.6 Å². The number of nitrogens with zero attached hydrogens (tertiary/aromatic N) is 6. The van der Waals surface area contributed by atoms with E-state index in [4.69, 9.17) is 35.9 Å². The second kappa shape index (κ2) is 17.7. The maximum atomic E-state index is 14.5. The highest BCUT2D eigenvalue weighted by molar-refractivity contribution is 6.04. The Labute approximate surface area is 392 Å². The zero-order valence-electron chi connectivity index (χ0n) is 46.3. The fraction of sp³-hybridized carbons (Fsp3) is 0.520. The van der Waals surface area contributed by atoms with E-state index in [9.17, 15) is 20.5 Å². The molecule has 2 bridgehead atoms. The second-order valence-electron chi connectivity index (χ2n) is 18.1. The summed E-state index contributed by atoms with van der Waals surface area (Å²) >= 11 is 0. The highest BCUT2D eigenvalue weighted by Crippen LogP contribution is 2.54. The maximum Gasteiger partial charge on any atom is 0.407 e. The number of fused-ring (bicyclic) bond motifs is 3. The van der Waals surface area contributed by atoms with E-state index in [0.717, 1.165) is 86.2 Å². The summed E-state index contributed by atoms with van der Waals surface area (Å²) in [6.07, 6.45) is 6.23. The van der Waals surface area contributed by atoms with Crippen molar-refractivity contribution in [3.8, 4) is 22.5 Å². The number of aromatic nitrogens is 4. The number of hydrogen-bond acceptors (Lipinski definition) is 10. The van der Waals surface area contributed by atoms with Crippen LogP contribution in [0.2, 0.25) is 0 Å². The van der Waals surface area contributed by atoms with Crippen LogP contribution in [-0.2, 0) is 19.1 Å². The molecule has 342 valence electrons. The number of allylic oxidation sites excluding steroid dienone is 1. The Kier molecular flexibility index (Phi) is 9.32. The Morgan fingerprint density at radius 3 is 2.02 bits per heavy atom. The summed E-state index contributed by atoms with van der Waals surface area (Å²) in [5, 5.41) is 14.2. The lowest BCUT2D eigenvalue weighted by atomic mass is 9.65. The van der Waals surface area contributed by atoms with Gasteiger partial charge in [-0.25, -0.2) is 14.6 Å². The van der Waals surface area contributed by atoms with Crippen LogP contribution >= 0.6 is 0 Å². The zero-order chi connectivity index (χ0) is 53.5. The molecule has 15 nitrogen and oxygen atoms in total. The van der Waals surface area contributed by atoms with Crippen molar-refractivity contribution in [2.75, 3.05) is 27.3 Å². The molecule has 15 heteroatoms. The van der Waals surface area contributed by atoms with E-state index < -0.39 is 73.1 Å². The molecule has 6 aliphatic rings. The molecule has 4 amide bonds. The van der Waals surface area contributed by atoms with E-state index in [1.807, 2.05) is 54.0 Å². The number of carbonyl (C=O) groups is 4. The van der Waals surface area contributed by atoms with Gasteiger partial charge in [0.1, 0.15) is 17.9 Å². The molecular formula is C50H61N9O6. The Morgan fingerprint density at radius 2 is 1.38 bits per heavy atom. The first-order valence-electron chi connectivity index (χ1n) is 26.9. The predicted molar refractivity (Wildman–Crippen MR) is 248 cm³/mol. The van der Waals surface area contributed by atoms with E-state index in [1.165, 1.54) is 29.9 Å². The van der Waals surface area contributed by atoms with E-state index >= 15 is 0 Å². The first-order valence-corrected chi connectivity index (χ1v) is 22.4. The number of likely N-dealkylation sites (tertiary alicyclic amines) is 2. The molecule has 3 N–H and O–H groups in total. The molecular weight excluding hydrogens is 823 g/mol. The molecule has 0 spiro atoms. The number of hydrogen-bond donors (Lipinski definition) is 3. The number of H-pyrrole nitrogens is 1. The predicted octanol–water partition coefficient (Wildman–Crippen LogP) is 8.43. The molecule has 5 heterocycles. The monoisotopic (exact) mass is 893 g/mol. The van der Waals surface area contributed by atoms with Gasteiger partial charge in [-0.1, -0.05) is 64.8 Å². The molecule has 2 aromatic carbocycles. The van der Waals surface area contributed by atoms with Crippen LogP contribution in [0.25, 0.3) is 39.1 Å². The molecule has 2 saturated heterocycles. The van der Waals surface area contributed by atoms with Gasteiger partial charge in [-0.2, -0.15) is 0 Å². The minimum absolute atomic E-state index is 0.0456. The third-order valence-corrected chi connectivity index (χ3v) is 13.6. The zero-order valence-corrected chi connectivity index (χ0v) is 37.3. The average Bonchev–Trinajstić information content (AvgIpc) is 4.21. The standard InChI is InChI=1S/C50H61N9O6/c1-27(2)41(54-48(62)64-6)46(60)58-22-8-10-37(58)36-25-33(26-51-36)28-12-18-31(19-13-28)42-39-29-14-16-30(17-15-29)40(39)43(57-56-42)32-20-21-34-35(24-32)53-45(52-34)38-11-9-23-59(38)47(61)44(50(3,4)5)55-49(63)65-7/h12-13,18-21,24,26-27,29-30,37-38,41,44H,8-11,14-17,22-23,25H2,1-7H3,(H,52,53)(H,54,62)(H,55,63)/t29?,30?,37-,38-,41+,44+/m0/s1/i3D3,4D3,27D,41D,44D. The third-order valence-electron chi connectivity index (χ3n) is 13.6. The Bertz CT molecular complexity index is 2950. The van der Waals surface area contributed by atoms with Crippen LogP contribution in [0.4, 0.5) is 9.59 Å². The van der Waals surface area contributed by atoms with Gasteiger partial charge >= 0.3 is 12.2 Å². The molecule has 0 unspecified atom stereocenters. The largest absolute Gasteiger partial charge is 0.453 e. The van der Waals surface area contributed by atoms with Crippen molar-refractivity contribution in [2.45, 2.75) is 128 Å². The SMILES string of the molecule is [2H]C([2H])([2H])C(C)(C([2H])([2H])[2H])[C@]([2H])(NC(=O)OC)C(=O)N1CCC[C@H]1c1nc2ccc(-c3nnc(-c4ccc(C5=CN=C([C@@H]6CCCN6C(=O)[C@]([2H])(NC(=O)OC)C([2H])(C)C)C5)cc4)c4c3C3CCC4CC3)cc2[nH]1. The second-order valence-corrected chi connectivity index (χ2v) is 18.1. The number of benzene rings is 2. The van der Waals surface area contributed by atoms with Crippen molar-refractivity contribution < 1.29 is 41.0 Å². The molecule has 2 aromatic heterocycles. The Balaban J connectivity index is 0.963. The van der Waals surface area contributed by atoms with Crippen LogP contribution in [0, 0.1) is 11.3 Å². The van der Waals surface area contributed by atoms with E-state index in [-0.39, 0.29) is 12.5 Å². The number of aromatic amines is 1. The van der Waals surface area contributed by atoms with Gasteiger partial charge in [-0.05, 0) is 109 Å². The van der Waals surface area contributed by atoms with Crippen LogP contribution in [0.1, 0.15) is 145 Å². The molecule has 4 atom stereocenters. The van der Waals surface area contributed by atoms with Gasteiger partial charge in [-0.15, -0.1) is 10.2 Å². The normalized spacial score (nSPS) is 26.0. The van der Waals surface area contributed by atoms with Crippen molar-refractivity contribution >= 4 is 46.3 Å². The number of aliphatic imine (C=N–C) groups is 1. The summed E-state index contributed by atoms with van der Waals surface area (Å²) in [6.45, 7) is -2.78. The summed E-state index contributed by atoms with van der Waals surface area (Å²) < 4.78 is 85.6. The van der Waals surface area contributed by atoms with E-state index in [0.29, 0.717) is 61.4 Å². The van der Waals surface area contributed by atoms with Crippen molar-refractivity contribution in [3.63, 3.8) is 0 Å². The Morgan fingerprint density at radius 1 is 0.800 bits per heavy atom. The third kappa shape index (κ3) is 8.38. The lowest BCUT2D eigenvalue weighted by molar-refractivity contribution is -0.137. The van der Waals surface area contributed by atoms with Gasteiger partial charge in [0.05, 0.1) is 51.5 Å². The van der Waals surface area contributed by atoms with Crippen LogP contribution in [0.15, 0.2) is 53.7 Å². The first-order chi connectivity index (χ1) is 34.8. The summed E-state index contributed by atoms with van der Waals surface area (Å²) in [5.41, 5.74) is 6.53. The number of methoxy groups -OCH3 is 2. The van der Waals surface area contributed by atoms with Gasteiger partial charge in [0, 0.05) is 52.1 Å². The number of nitrogens with one attached hydrogen (secondary N) is 3. The van der Waals surface area contributed by atoms with Gasteiger partial charge < -0.3 is 34.9 Å². The van der Waals surface area contributed by atoms with Crippen molar-refractivity contribution in [1.82, 2.24) is 40.6 Å². The molecule has 1 saturated carbocycles. The quantitative estimate of drug-likeness (QED) is 0.141. The minimum atomic E-state index is -3.40. The minimum Gasteiger partial charge on any atom is -0.453 e. The average molecular weight is 893 g/mol.